The molecule has 2 aromatic carbocycles. The fraction of sp³-hybridized carbons (Fsp3) is 0.263. The fourth-order valence-electron chi connectivity index (χ4n) is 2.31. The van der Waals surface area contributed by atoms with Crippen molar-refractivity contribution in [1.82, 2.24) is 0 Å². The van der Waals surface area contributed by atoms with Crippen molar-refractivity contribution in [1.29, 1.82) is 0 Å². The van der Waals surface area contributed by atoms with E-state index in [0.717, 1.165) is 0 Å². The quantitative estimate of drug-likeness (QED) is 0.697. The molecule has 0 spiro atoms. The number of methoxy groups -OCH3 is 1. The van der Waals surface area contributed by atoms with Crippen LogP contribution in [0.15, 0.2) is 48.5 Å². The highest BCUT2D eigenvalue weighted by Gasteiger charge is 2.24. The number of amides is 2. The molecule has 0 heterocycles. The zero-order valence-corrected chi connectivity index (χ0v) is 15.0. The van der Waals surface area contributed by atoms with Crippen LogP contribution in [-0.2, 0) is 9.59 Å². The second-order valence-electron chi connectivity index (χ2n) is 5.99. The molecule has 6 nitrogen and oxygen atoms in total. The van der Waals surface area contributed by atoms with E-state index >= 15 is 0 Å². The maximum Gasteiger partial charge on any atom is 0.282 e. The average Bonchev–Trinajstić information content (AvgIpc) is 2.63. The van der Waals surface area contributed by atoms with Gasteiger partial charge >= 0.3 is 0 Å². The lowest BCUT2D eigenvalue weighted by Crippen LogP contribution is -3.14. The van der Waals surface area contributed by atoms with Crippen molar-refractivity contribution < 1.29 is 23.6 Å². The zero-order valence-electron chi connectivity index (χ0n) is 15.0. The van der Waals surface area contributed by atoms with Crippen LogP contribution in [0.3, 0.4) is 0 Å². The summed E-state index contributed by atoms with van der Waals surface area (Å²) < 4.78 is 18.7. The molecule has 3 N–H and O–H groups in total. The normalized spacial score (nSPS) is 12.8. The Morgan fingerprint density at radius 3 is 2.38 bits per heavy atom. The van der Waals surface area contributed by atoms with E-state index in [1.165, 1.54) is 12.1 Å². The highest BCUT2D eigenvalue weighted by Crippen LogP contribution is 2.14. The maximum absolute atomic E-state index is 13.6. The summed E-state index contributed by atoms with van der Waals surface area (Å²) in [6.45, 7) is 1.78. The molecule has 2 rings (SSSR count). The Bertz CT molecular complexity index is 765. The van der Waals surface area contributed by atoms with Crippen LogP contribution in [0, 0.1) is 5.82 Å². The predicted molar refractivity (Wildman–Crippen MR) is 97.9 cm³/mol. The Balaban J connectivity index is 1.88. The van der Waals surface area contributed by atoms with E-state index in [4.69, 9.17) is 4.74 Å². The predicted octanol–water partition coefficient (Wildman–Crippen LogP) is 1.31. The fourth-order valence-corrected chi connectivity index (χ4v) is 2.31. The second-order valence-corrected chi connectivity index (χ2v) is 5.99. The summed E-state index contributed by atoms with van der Waals surface area (Å²) >= 11 is 0. The third-order valence-corrected chi connectivity index (χ3v) is 4.08. The van der Waals surface area contributed by atoms with Gasteiger partial charge in [-0.1, -0.05) is 12.1 Å². The first kappa shape index (κ1) is 19.4. The number of rotatable bonds is 7. The van der Waals surface area contributed by atoms with Crippen molar-refractivity contribution in [3.8, 4) is 5.75 Å². The van der Waals surface area contributed by atoms with Crippen molar-refractivity contribution >= 4 is 23.2 Å². The number of para-hydroxylation sites is 1. The molecule has 7 heteroatoms. The number of hydrogen-bond acceptors (Lipinski definition) is 3. The third-order valence-electron chi connectivity index (χ3n) is 4.08. The molecule has 0 aliphatic carbocycles. The lowest BCUT2D eigenvalue weighted by atomic mass is 10.2. The summed E-state index contributed by atoms with van der Waals surface area (Å²) in [5.74, 6) is -0.379. The molecular weight excluding hydrogens is 337 g/mol. The summed E-state index contributed by atoms with van der Waals surface area (Å²) in [6.07, 6.45) is 0. The SMILES string of the molecule is COc1ccc(NC(=O)C[NH+](C)[C@@H](C)C(=O)Nc2ccccc2F)cc1. The van der Waals surface area contributed by atoms with Gasteiger partial charge in [-0.2, -0.15) is 0 Å². The number of benzene rings is 2. The minimum absolute atomic E-state index is 0.0951. The molecule has 2 aromatic rings. The molecular formula is C19H23FN3O3+. The van der Waals surface area contributed by atoms with Gasteiger partial charge in [0.2, 0.25) is 0 Å². The van der Waals surface area contributed by atoms with Crippen LogP contribution in [-0.4, -0.2) is 38.6 Å². The van der Waals surface area contributed by atoms with Gasteiger partial charge in [0.05, 0.1) is 19.8 Å². The van der Waals surface area contributed by atoms with Crippen LogP contribution in [0.2, 0.25) is 0 Å². The molecule has 2 amide bonds. The molecule has 0 radical (unpaired) electrons. The first-order chi connectivity index (χ1) is 12.4. The first-order valence-electron chi connectivity index (χ1n) is 8.22. The first-order valence-corrected chi connectivity index (χ1v) is 8.22. The third kappa shape index (κ3) is 5.29. The van der Waals surface area contributed by atoms with E-state index in [-0.39, 0.29) is 24.0 Å². The molecule has 0 fully saturated rings. The van der Waals surface area contributed by atoms with Gasteiger partial charge in [-0.3, -0.25) is 9.59 Å². The molecule has 0 aliphatic rings. The van der Waals surface area contributed by atoms with Crippen LogP contribution in [0.1, 0.15) is 6.92 Å². The number of carbonyl (C=O) groups is 2. The molecule has 0 saturated heterocycles. The summed E-state index contributed by atoms with van der Waals surface area (Å²) in [5, 5.41) is 5.32. The van der Waals surface area contributed by atoms with Crippen LogP contribution in [0.5, 0.6) is 5.75 Å². The van der Waals surface area contributed by atoms with E-state index < -0.39 is 11.9 Å². The van der Waals surface area contributed by atoms with Crippen LogP contribution in [0.4, 0.5) is 15.8 Å². The molecule has 0 aromatic heterocycles. The van der Waals surface area contributed by atoms with Crippen molar-refractivity contribution in [2.24, 2.45) is 0 Å². The summed E-state index contributed by atoms with van der Waals surface area (Å²) in [5.41, 5.74) is 0.770. The van der Waals surface area contributed by atoms with Gasteiger partial charge in [-0.15, -0.1) is 0 Å². The van der Waals surface area contributed by atoms with E-state index in [1.807, 2.05) is 0 Å². The lowest BCUT2D eigenvalue weighted by Gasteiger charge is -2.20. The molecule has 138 valence electrons. The van der Waals surface area contributed by atoms with Gasteiger partial charge in [0.1, 0.15) is 11.6 Å². The maximum atomic E-state index is 13.6. The van der Waals surface area contributed by atoms with Gasteiger partial charge in [-0.25, -0.2) is 4.39 Å². The highest BCUT2D eigenvalue weighted by atomic mass is 19.1. The monoisotopic (exact) mass is 360 g/mol. The topological polar surface area (TPSA) is 71.9 Å². The Hall–Kier alpha value is -2.93. The standard InChI is InChI=1S/C19H22FN3O3/c1-13(19(25)22-17-7-5-4-6-16(17)20)23(2)12-18(24)21-14-8-10-15(26-3)11-9-14/h4-11,13H,12H2,1-3H3,(H,21,24)(H,22,25)/p+1/t13-/m0/s1. The molecule has 0 bridgehead atoms. The average molecular weight is 360 g/mol. The van der Waals surface area contributed by atoms with E-state index in [1.54, 1.807) is 57.5 Å². The van der Waals surface area contributed by atoms with E-state index in [2.05, 4.69) is 10.6 Å². The van der Waals surface area contributed by atoms with Gasteiger partial charge in [0.15, 0.2) is 12.6 Å². The van der Waals surface area contributed by atoms with Crippen molar-refractivity contribution in [3.05, 3.63) is 54.3 Å². The Morgan fingerprint density at radius 1 is 1.12 bits per heavy atom. The number of anilines is 2. The molecule has 0 aliphatic heterocycles. The number of halogens is 1. The van der Waals surface area contributed by atoms with Gasteiger partial charge in [0.25, 0.3) is 11.8 Å². The number of hydrogen-bond donors (Lipinski definition) is 3. The van der Waals surface area contributed by atoms with Crippen molar-refractivity contribution in [3.63, 3.8) is 0 Å². The molecule has 1 unspecified atom stereocenters. The largest absolute Gasteiger partial charge is 0.497 e. The Labute approximate surface area is 152 Å². The van der Waals surface area contributed by atoms with Crippen LogP contribution >= 0.6 is 0 Å². The van der Waals surface area contributed by atoms with Crippen molar-refractivity contribution in [2.45, 2.75) is 13.0 Å². The smallest absolute Gasteiger partial charge is 0.282 e. The minimum Gasteiger partial charge on any atom is -0.497 e. The second kappa shape index (κ2) is 8.96. The van der Waals surface area contributed by atoms with Crippen LogP contribution < -0.4 is 20.3 Å². The minimum atomic E-state index is -0.531. The van der Waals surface area contributed by atoms with E-state index in [9.17, 15) is 14.0 Å². The van der Waals surface area contributed by atoms with E-state index in [0.29, 0.717) is 16.3 Å². The Morgan fingerprint density at radius 2 is 1.77 bits per heavy atom. The molecule has 2 atom stereocenters. The number of ether oxygens (including phenoxy) is 1. The highest BCUT2D eigenvalue weighted by molar-refractivity contribution is 5.94. The summed E-state index contributed by atoms with van der Waals surface area (Å²) in [7, 11) is 3.30. The number of likely N-dealkylation sites (N-methyl/N-ethyl adjacent to an activating group) is 1. The Kier molecular flexibility index (Phi) is 6.68. The lowest BCUT2D eigenvalue weighted by molar-refractivity contribution is -0.885. The van der Waals surface area contributed by atoms with Gasteiger partial charge in [0, 0.05) is 5.69 Å². The number of quaternary nitrogens is 1. The van der Waals surface area contributed by atoms with Crippen molar-refractivity contribution in [2.75, 3.05) is 31.3 Å². The zero-order chi connectivity index (χ0) is 19.1. The van der Waals surface area contributed by atoms with Gasteiger partial charge in [-0.05, 0) is 43.3 Å². The summed E-state index contributed by atoms with van der Waals surface area (Å²) in [6, 6.07) is 12.4. The molecule has 0 saturated carbocycles. The number of nitrogens with one attached hydrogen (secondary N) is 3. The van der Waals surface area contributed by atoms with Gasteiger partial charge < -0.3 is 20.3 Å². The number of carbonyl (C=O) groups excluding carboxylic acids is 2. The summed E-state index contributed by atoms with van der Waals surface area (Å²) in [4.78, 5) is 25.1. The van der Waals surface area contributed by atoms with Crippen LogP contribution in [0.25, 0.3) is 0 Å². The molecule has 26 heavy (non-hydrogen) atoms.